The zero-order chi connectivity index (χ0) is 22.8. The maximum absolute atomic E-state index is 9.41. The largest absolute Gasteiger partial charge is 4.00 e. The van der Waals surface area contributed by atoms with Crippen LogP contribution < -0.4 is 20.4 Å². The Labute approximate surface area is 165 Å². The van der Waals surface area contributed by atoms with Crippen molar-refractivity contribution in [3.8, 4) is 24.3 Å². The topological polar surface area (TPSA) is 256 Å². The Balaban J connectivity index is -0.0000000873. The first-order valence-corrected chi connectivity index (χ1v) is 6.17. The summed E-state index contributed by atoms with van der Waals surface area (Å²) in [5, 5.41) is 68.4. The minimum absolute atomic E-state index is 0. The van der Waals surface area contributed by atoms with Crippen LogP contribution in [-0.2, 0) is 19.2 Å². The number of hydrogen-bond acceptors (Lipinski definition) is 12. The van der Waals surface area contributed by atoms with Crippen molar-refractivity contribution in [2.45, 2.75) is 0 Å². The van der Waals surface area contributed by atoms with Gasteiger partial charge in [0.2, 0.25) is 0 Å². The van der Waals surface area contributed by atoms with Gasteiger partial charge < -0.3 is 39.6 Å². The first-order chi connectivity index (χ1) is 13.1. The van der Waals surface area contributed by atoms with Crippen LogP contribution in [0.1, 0.15) is 0 Å². The van der Waals surface area contributed by atoms with Gasteiger partial charge in [-0.25, -0.2) is 0 Å². The van der Waals surface area contributed by atoms with E-state index >= 15 is 0 Å². The molecule has 0 bridgehead atoms. The summed E-state index contributed by atoms with van der Waals surface area (Å²) < 4.78 is 0. The van der Waals surface area contributed by atoms with Crippen molar-refractivity contribution in [2.75, 3.05) is 0 Å². The van der Waals surface area contributed by atoms with Crippen molar-refractivity contribution < 1.29 is 39.6 Å². The molecule has 0 fully saturated rings. The summed E-state index contributed by atoms with van der Waals surface area (Å²) in [7, 11) is 0. The SMILES string of the molecule is N#CC=CC(=O)[O-].N#CC=CC(=O)[O-].N#CC=CC(=O)[O-].N#CC=CC(=O)[O-].[C+4]. The first kappa shape index (κ1) is 35.0. The Hall–Kier alpha value is -5.20. The molecule has 12 heteroatoms. The van der Waals surface area contributed by atoms with E-state index in [1.54, 1.807) is 0 Å². The second-order valence-corrected chi connectivity index (χ2v) is 3.13. The van der Waals surface area contributed by atoms with E-state index < -0.39 is 23.9 Å². The van der Waals surface area contributed by atoms with Gasteiger partial charge in [0.1, 0.15) is 0 Å². The summed E-state index contributed by atoms with van der Waals surface area (Å²) >= 11 is 0. The molecule has 0 aliphatic carbocycles. The number of carboxylic acids is 4. The molecule has 12 nitrogen and oxygen atoms in total. The Kier molecular flexibility index (Phi) is 37.0. The van der Waals surface area contributed by atoms with E-state index in [0.29, 0.717) is 24.3 Å². The number of aliphatic carboxylic acids is 4. The Morgan fingerprint density at radius 3 is 0.655 bits per heavy atom. The first-order valence-electron chi connectivity index (χ1n) is 6.17. The summed E-state index contributed by atoms with van der Waals surface area (Å²) in [4.78, 5) is 37.6. The van der Waals surface area contributed by atoms with Crippen LogP contribution >= 0.6 is 0 Å². The summed E-state index contributed by atoms with van der Waals surface area (Å²) in [6.07, 6.45) is 6.04. The van der Waals surface area contributed by atoms with Crippen molar-refractivity contribution in [1.29, 1.82) is 21.0 Å². The molecule has 0 N–H and O–H groups in total. The minimum atomic E-state index is -1.35. The summed E-state index contributed by atoms with van der Waals surface area (Å²) in [6.45, 7) is 0. The fraction of sp³-hybridized carbons (Fsp3) is 0. The number of allylic oxidation sites excluding steroid dienone is 4. The van der Waals surface area contributed by atoms with Gasteiger partial charge in [0.25, 0.3) is 0 Å². The average molecular weight is 396 g/mol. The van der Waals surface area contributed by atoms with Crippen molar-refractivity contribution in [2.24, 2.45) is 0 Å². The molecular formula is C17H8N4O8. The predicted octanol–water partition coefficient (Wildman–Crippen LogP) is -4.65. The average Bonchev–Trinajstić information content (AvgIpc) is 2.62. The molecule has 29 heavy (non-hydrogen) atoms. The van der Waals surface area contributed by atoms with Crippen molar-refractivity contribution in [3.05, 3.63) is 56.0 Å². The van der Waals surface area contributed by atoms with E-state index in [0.717, 1.165) is 24.3 Å². The normalized spacial score (nSPS) is 8.14. The van der Waals surface area contributed by atoms with Crippen LogP contribution in [0.3, 0.4) is 0 Å². The fourth-order valence-corrected chi connectivity index (χ4v) is 0.421. The molecule has 0 aliphatic heterocycles. The summed E-state index contributed by atoms with van der Waals surface area (Å²) in [6, 6.07) is 5.99. The molecule has 0 spiro atoms. The molecule has 0 aromatic rings. The quantitative estimate of drug-likeness (QED) is 0.321. The van der Waals surface area contributed by atoms with Gasteiger partial charge in [0.15, 0.2) is 0 Å². The van der Waals surface area contributed by atoms with Crippen molar-refractivity contribution >= 4 is 23.9 Å². The number of carboxylic acid groups (broad SMARTS) is 4. The molecule has 0 amide bonds. The third-order valence-electron chi connectivity index (χ3n) is 1.18. The number of rotatable bonds is 4. The Morgan fingerprint density at radius 1 is 0.483 bits per heavy atom. The minimum Gasteiger partial charge on any atom is -0.545 e. The molecule has 0 unspecified atom stereocenters. The van der Waals surface area contributed by atoms with Crippen LogP contribution in [0.5, 0.6) is 0 Å². The van der Waals surface area contributed by atoms with Crippen LogP contribution in [0, 0.1) is 52.8 Å². The number of hydrogen-bond donors (Lipinski definition) is 0. The molecule has 144 valence electrons. The standard InChI is InChI=1S/4C4H3NO2.C/c4*5-3-1-2-4(6)7;/h4*1-2H,(H,6,7);/q;;;;+4/p-4. The Bertz CT molecular complexity index is 661. The predicted molar refractivity (Wildman–Crippen MR) is 82.3 cm³/mol. The smallest absolute Gasteiger partial charge is 0.545 e. The monoisotopic (exact) mass is 396 g/mol. The zero-order valence-electron chi connectivity index (χ0n) is 14.2. The number of carbonyl (C=O) groups excluding carboxylic acids is 4. The second kappa shape index (κ2) is 30.7. The molecule has 0 aromatic carbocycles. The van der Waals surface area contributed by atoms with Crippen LogP contribution in [-0.4, -0.2) is 23.9 Å². The molecule has 0 saturated heterocycles. The molecule has 0 aliphatic rings. The van der Waals surface area contributed by atoms with E-state index in [2.05, 4.69) is 0 Å². The Morgan fingerprint density at radius 2 is 0.621 bits per heavy atom. The maximum Gasteiger partial charge on any atom is 4.00 e. The number of nitrogens with zero attached hydrogens (tertiary/aromatic N) is 4. The third-order valence-corrected chi connectivity index (χ3v) is 1.18. The van der Waals surface area contributed by atoms with E-state index in [1.807, 2.05) is 0 Å². The molecule has 0 radical (unpaired) electrons. The van der Waals surface area contributed by atoms with Gasteiger partial charge in [0, 0.05) is 24.3 Å². The van der Waals surface area contributed by atoms with Gasteiger partial charge in [-0.1, -0.05) is 0 Å². The zero-order valence-corrected chi connectivity index (χ0v) is 14.2. The van der Waals surface area contributed by atoms with Gasteiger partial charge in [-0.2, -0.15) is 21.0 Å². The van der Waals surface area contributed by atoms with Gasteiger partial charge in [-0.3, -0.25) is 0 Å². The van der Waals surface area contributed by atoms with Gasteiger partial charge >= 0.3 is 7.43 Å². The van der Waals surface area contributed by atoms with Crippen LogP contribution in [0.25, 0.3) is 0 Å². The van der Waals surface area contributed by atoms with Crippen LogP contribution in [0.2, 0.25) is 0 Å². The van der Waals surface area contributed by atoms with Crippen molar-refractivity contribution in [3.63, 3.8) is 0 Å². The fourth-order valence-electron chi connectivity index (χ4n) is 0.421. The molecular weight excluding hydrogens is 388 g/mol. The van der Waals surface area contributed by atoms with Gasteiger partial charge in [-0.15, -0.1) is 0 Å². The molecule has 0 aromatic heterocycles. The third kappa shape index (κ3) is 84.6. The molecule has 0 rings (SSSR count). The van der Waals surface area contributed by atoms with E-state index in [-0.39, 0.29) is 7.43 Å². The maximum atomic E-state index is 9.41. The number of carbonyl (C=O) groups is 4. The summed E-state index contributed by atoms with van der Waals surface area (Å²) in [5.41, 5.74) is 0. The van der Waals surface area contributed by atoms with E-state index in [9.17, 15) is 39.6 Å². The van der Waals surface area contributed by atoms with Gasteiger partial charge in [0.05, 0.1) is 48.2 Å². The van der Waals surface area contributed by atoms with E-state index in [4.69, 9.17) is 21.0 Å². The second-order valence-electron chi connectivity index (χ2n) is 3.13. The number of nitriles is 4. The van der Waals surface area contributed by atoms with Crippen LogP contribution in [0.4, 0.5) is 0 Å². The van der Waals surface area contributed by atoms with Gasteiger partial charge in [-0.05, 0) is 24.3 Å². The van der Waals surface area contributed by atoms with Crippen LogP contribution in [0.15, 0.2) is 48.6 Å². The molecule has 0 saturated carbocycles. The molecule has 0 atom stereocenters. The molecule has 0 heterocycles. The van der Waals surface area contributed by atoms with Crippen molar-refractivity contribution in [1.82, 2.24) is 0 Å². The van der Waals surface area contributed by atoms with E-state index in [1.165, 1.54) is 24.3 Å². The summed E-state index contributed by atoms with van der Waals surface area (Å²) in [5.74, 6) is -5.38.